The molecule has 1 heterocycles. The van der Waals surface area contributed by atoms with Gasteiger partial charge in [-0.3, -0.25) is 4.79 Å². The van der Waals surface area contributed by atoms with Crippen LogP contribution in [0.15, 0.2) is 6.07 Å². The van der Waals surface area contributed by atoms with Gasteiger partial charge in [0.05, 0.1) is 5.69 Å². The van der Waals surface area contributed by atoms with Crippen molar-refractivity contribution in [3.8, 4) is 0 Å². The van der Waals surface area contributed by atoms with Crippen molar-refractivity contribution < 1.29 is 4.79 Å². The highest BCUT2D eigenvalue weighted by atomic mass is 35.5. The molecule has 0 bridgehead atoms. The molecule has 1 aromatic rings. The highest BCUT2D eigenvalue weighted by molar-refractivity contribution is 6.33. The van der Waals surface area contributed by atoms with Crippen LogP contribution in [0.2, 0.25) is 10.3 Å². The van der Waals surface area contributed by atoms with Crippen LogP contribution in [0.5, 0.6) is 0 Å². The smallest absolute Gasteiger partial charge is 0.219 e. The van der Waals surface area contributed by atoms with Crippen LogP contribution in [0.3, 0.4) is 0 Å². The van der Waals surface area contributed by atoms with E-state index in [1.165, 1.54) is 0 Å². The Morgan fingerprint density at radius 1 is 1.50 bits per heavy atom. The minimum atomic E-state index is -0.526. The summed E-state index contributed by atoms with van der Waals surface area (Å²) in [6.07, 6.45) is 0.170. The number of primary amides is 1. The van der Waals surface area contributed by atoms with Gasteiger partial charge < -0.3 is 11.1 Å². The third-order valence-electron chi connectivity index (χ3n) is 1.81. The van der Waals surface area contributed by atoms with Gasteiger partial charge in [-0.1, -0.05) is 23.2 Å². The molecule has 3 N–H and O–H groups in total. The van der Waals surface area contributed by atoms with Crippen molar-refractivity contribution in [3.05, 3.63) is 16.4 Å². The molecular formula is C9H12Cl2N4O. The maximum atomic E-state index is 10.9. The van der Waals surface area contributed by atoms with Crippen molar-refractivity contribution in [2.45, 2.75) is 25.8 Å². The zero-order valence-corrected chi connectivity index (χ0v) is 10.4. The topological polar surface area (TPSA) is 80.9 Å². The van der Waals surface area contributed by atoms with E-state index in [-0.39, 0.29) is 16.7 Å². The average Bonchev–Trinajstić information content (AvgIpc) is 2.08. The SMILES string of the molecule is CC(C)(CC(N)=O)Nc1cc(Cl)nnc1Cl. The molecule has 0 unspecified atom stereocenters. The Hall–Kier alpha value is -1.07. The lowest BCUT2D eigenvalue weighted by atomic mass is 10.00. The highest BCUT2D eigenvalue weighted by Gasteiger charge is 2.21. The third kappa shape index (κ3) is 3.83. The molecule has 1 aromatic heterocycles. The van der Waals surface area contributed by atoms with Gasteiger partial charge in [-0.05, 0) is 13.8 Å². The predicted molar refractivity (Wildman–Crippen MR) is 63.6 cm³/mol. The first-order valence-corrected chi connectivity index (χ1v) is 5.31. The average molecular weight is 263 g/mol. The predicted octanol–water partition coefficient (Wildman–Crippen LogP) is 1.85. The van der Waals surface area contributed by atoms with Crippen LogP contribution in [0.25, 0.3) is 0 Å². The van der Waals surface area contributed by atoms with Gasteiger partial charge in [-0.2, -0.15) is 0 Å². The number of nitrogens with one attached hydrogen (secondary N) is 1. The fraction of sp³-hybridized carbons (Fsp3) is 0.444. The maximum Gasteiger partial charge on any atom is 0.219 e. The maximum absolute atomic E-state index is 10.9. The molecule has 1 rings (SSSR count). The van der Waals surface area contributed by atoms with Crippen LogP contribution in [0.1, 0.15) is 20.3 Å². The molecule has 0 aliphatic heterocycles. The third-order valence-corrected chi connectivity index (χ3v) is 2.27. The molecule has 88 valence electrons. The molecule has 1 amide bonds. The summed E-state index contributed by atoms with van der Waals surface area (Å²) in [5.74, 6) is -0.401. The van der Waals surface area contributed by atoms with Crippen molar-refractivity contribution >= 4 is 34.8 Å². The molecule has 5 nitrogen and oxygen atoms in total. The number of amides is 1. The standard InChI is InChI=1S/C9H12Cl2N4O/c1-9(2,4-7(12)16)13-5-3-6(10)14-15-8(5)11/h3H,4H2,1-2H3,(H2,12,16)(H,13,14). The van der Waals surface area contributed by atoms with E-state index in [4.69, 9.17) is 28.9 Å². The molecular weight excluding hydrogens is 251 g/mol. The van der Waals surface area contributed by atoms with Crippen molar-refractivity contribution in [2.75, 3.05) is 5.32 Å². The van der Waals surface area contributed by atoms with Gasteiger partial charge in [-0.25, -0.2) is 0 Å². The van der Waals surface area contributed by atoms with Gasteiger partial charge >= 0.3 is 0 Å². The Kier molecular flexibility index (Phi) is 3.93. The molecule has 7 heteroatoms. The first-order chi connectivity index (χ1) is 7.30. The fourth-order valence-corrected chi connectivity index (χ4v) is 1.57. The second-order valence-electron chi connectivity index (χ2n) is 4.02. The van der Waals surface area contributed by atoms with E-state index in [0.717, 1.165) is 0 Å². The minimum absolute atomic E-state index is 0.170. The second-order valence-corrected chi connectivity index (χ2v) is 4.77. The molecule has 0 saturated heterocycles. The van der Waals surface area contributed by atoms with Crippen LogP contribution < -0.4 is 11.1 Å². The summed E-state index contributed by atoms with van der Waals surface area (Å²) in [6.45, 7) is 3.64. The molecule has 0 aliphatic rings. The minimum Gasteiger partial charge on any atom is -0.377 e. The van der Waals surface area contributed by atoms with Crippen LogP contribution in [0, 0.1) is 0 Å². The van der Waals surface area contributed by atoms with E-state index in [1.807, 2.05) is 13.8 Å². The van der Waals surface area contributed by atoms with E-state index in [2.05, 4.69) is 15.5 Å². The summed E-state index contributed by atoms with van der Waals surface area (Å²) in [7, 11) is 0. The van der Waals surface area contributed by atoms with E-state index < -0.39 is 11.4 Å². The summed E-state index contributed by atoms with van der Waals surface area (Å²) < 4.78 is 0. The van der Waals surface area contributed by atoms with E-state index in [0.29, 0.717) is 5.69 Å². The molecule has 0 radical (unpaired) electrons. The normalized spacial score (nSPS) is 11.2. The molecule has 0 atom stereocenters. The lowest BCUT2D eigenvalue weighted by Gasteiger charge is -2.26. The van der Waals surface area contributed by atoms with Gasteiger partial charge in [0.1, 0.15) is 0 Å². The van der Waals surface area contributed by atoms with E-state index in [1.54, 1.807) is 6.07 Å². The van der Waals surface area contributed by atoms with Crippen LogP contribution in [-0.2, 0) is 4.79 Å². The molecule has 0 spiro atoms. The van der Waals surface area contributed by atoms with Crippen LogP contribution >= 0.6 is 23.2 Å². The first-order valence-electron chi connectivity index (χ1n) is 4.55. The Morgan fingerprint density at radius 3 is 2.69 bits per heavy atom. The molecule has 16 heavy (non-hydrogen) atoms. The highest BCUT2D eigenvalue weighted by Crippen LogP contribution is 2.25. The number of halogens is 2. The number of nitrogens with two attached hydrogens (primary N) is 1. The number of rotatable bonds is 4. The van der Waals surface area contributed by atoms with E-state index >= 15 is 0 Å². The van der Waals surface area contributed by atoms with Crippen LogP contribution in [-0.4, -0.2) is 21.6 Å². The number of carbonyl (C=O) groups excluding carboxylic acids is 1. The number of hydrogen-bond donors (Lipinski definition) is 2. The largest absolute Gasteiger partial charge is 0.377 e. The van der Waals surface area contributed by atoms with Crippen molar-refractivity contribution in [2.24, 2.45) is 5.73 Å². The Labute approximate surface area is 103 Å². The summed E-state index contributed by atoms with van der Waals surface area (Å²) in [6, 6.07) is 1.54. The number of nitrogens with zero attached hydrogens (tertiary/aromatic N) is 2. The van der Waals surface area contributed by atoms with Crippen molar-refractivity contribution in [1.29, 1.82) is 0 Å². The summed E-state index contributed by atoms with van der Waals surface area (Å²) in [5.41, 5.74) is 5.13. The number of aromatic nitrogens is 2. The summed E-state index contributed by atoms with van der Waals surface area (Å²) >= 11 is 11.5. The Bertz CT molecular complexity index is 408. The zero-order valence-electron chi connectivity index (χ0n) is 8.92. The molecule has 0 aromatic carbocycles. The quantitative estimate of drug-likeness (QED) is 0.868. The molecule has 0 saturated carbocycles. The zero-order chi connectivity index (χ0) is 12.3. The monoisotopic (exact) mass is 262 g/mol. The Morgan fingerprint density at radius 2 is 2.12 bits per heavy atom. The van der Waals surface area contributed by atoms with Gasteiger partial charge in [0, 0.05) is 18.0 Å². The van der Waals surface area contributed by atoms with Gasteiger partial charge in [0.2, 0.25) is 5.91 Å². The number of hydrogen-bond acceptors (Lipinski definition) is 4. The van der Waals surface area contributed by atoms with Gasteiger partial charge in [-0.15, -0.1) is 10.2 Å². The second kappa shape index (κ2) is 4.84. The first kappa shape index (κ1) is 13.0. The summed E-state index contributed by atoms with van der Waals surface area (Å²) in [4.78, 5) is 10.9. The van der Waals surface area contributed by atoms with Gasteiger partial charge in [0.25, 0.3) is 0 Å². The fourth-order valence-electron chi connectivity index (χ4n) is 1.29. The molecule has 0 aliphatic carbocycles. The summed E-state index contributed by atoms with van der Waals surface area (Å²) in [5, 5.41) is 10.7. The number of anilines is 1. The van der Waals surface area contributed by atoms with Crippen molar-refractivity contribution in [1.82, 2.24) is 10.2 Å². The van der Waals surface area contributed by atoms with E-state index in [9.17, 15) is 4.79 Å². The van der Waals surface area contributed by atoms with Crippen LogP contribution in [0.4, 0.5) is 5.69 Å². The molecule has 0 fully saturated rings. The van der Waals surface area contributed by atoms with Gasteiger partial charge in [0.15, 0.2) is 10.3 Å². The lowest BCUT2D eigenvalue weighted by molar-refractivity contribution is -0.118. The lowest BCUT2D eigenvalue weighted by Crippen LogP contribution is -2.36. The number of carbonyl (C=O) groups is 1. The Balaban J connectivity index is 2.86. The van der Waals surface area contributed by atoms with Crippen molar-refractivity contribution in [3.63, 3.8) is 0 Å².